The third-order valence-corrected chi connectivity index (χ3v) is 2.57. The second-order valence-corrected chi connectivity index (χ2v) is 5.56. The summed E-state index contributed by atoms with van der Waals surface area (Å²) in [6.07, 6.45) is 2.82. The molecule has 0 bridgehead atoms. The van der Waals surface area contributed by atoms with E-state index in [1.807, 2.05) is 0 Å². The van der Waals surface area contributed by atoms with Gasteiger partial charge in [-0.25, -0.2) is 0 Å². The summed E-state index contributed by atoms with van der Waals surface area (Å²) in [7, 11) is 0. The number of hydrogen-bond acceptors (Lipinski definition) is 3. The van der Waals surface area contributed by atoms with E-state index in [1.165, 1.54) is 12.8 Å². The zero-order chi connectivity index (χ0) is 11.1. The van der Waals surface area contributed by atoms with Crippen LogP contribution in [0, 0.1) is 5.41 Å². The van der Waals surface area contributed by atoms with Crippen LogP contribution >= 0.6 is 0 Å². The SMILES string of the molecule is CC(C)(C)CNCCOC1CCNCC1. The van der Waals surface area contributed by atoms with E-state index in [2.05, 4.69) is 31.4 Å². The van der Waals surface area contributed by atoms with Crippen LogP contribution in [0.4, 0.5) is 0 Å². The molecule has 1 rings (SSSR count). The Morgan fingerprint density at radius 2 is 1.93 bits per heavy atom. The first-order valence-corrected chi connectivity index (χ1v) is 6.11. The fourth-order valence-electron chi connectivity index (χ4n) is 1.72. The number of rotatable bonds is 5. The second-order valence-electron chi connectivity index (χ2n) is 5.56. The Morgan fingerprint density at radius 3 is 2.53 bits per heavy atom. The molecule has 3 heteroatoms. The minimum absolute atomic E-state index is 0.370. The summed E-state index contributed by atoms with van der Waals surface area (Å²) < 4.78 is 5.80. The van der Waals surface area contributed by atoms with Crippen molar-refractivity contribution in [1.82, 2.24) is 10.6 Å². The van der Waals surface area contributed by atoms with Crippen LogP contribution in [0.3, 0.4) is 0 Å². The molecule has 1 aliphatic heterocycles. The predicted octanol–water partition coefficient (Wildman–Crippen LogP) is 1.39. The number of nitrogens with one attached hydrogen (secondary N) is 2. The Bertz CT molecular complexity index is 159. The first-order valence-electron chi connectivity index (χ1n) is 6.11. The molecule has 0 aromatic rings. The van der Waals surface area contributed by atoms with E-state index in [9.17, 15) is 0 Å². The average molecular weight is 214 g/mol. The monoisotopic (exact) mass is 214 g/mol. The van der Waals surface area contributed by atoms with Crippen molar-refractivity contribution in [2.45, 2.75) is 39.7 Å². The summed E-state index contributed by atoms with van der Waals surface area (Å²) in [5, 5.41) is 6.76. The summed E-state index contributed by atoms with van der Waals surface area (Å²) in [6, 6.07) is 0. The maximum absolute atomic E-state index is 5.80. The van der Waals surface area contributed by atoms with Gasteiger partial charge in [-0.15, -0.1) is 0 Å². The largest absolute Gasteiger partial charge is 0.377 e. The molecule has 90 valence electrons. The van der Waals surface area contributed by atoms with E-state index >= 15 is 0 Å². The molecule has 0 unspecified atom stereocenters. The van der Waals surface area contributed by atoms with Gasteiger partial charge in [0.2, 0.25) is 0 Å². The maximum atomic E-state index is 5.80. The van der Waals surface area contributed by atoms with E-state index in [-0.39, 0.29) is 0 Å². The van der Waals surface area contributed by atoms with Crippen molar-refractivity contribution in [1.29, 1.82) is 0 Å². The van der Waals surface area contributed by atoms with Gasteiger partial charge in [0.1, 0.15) is 0 Å². The Hall–Kier alpha value is -0.120. The Labute approximate surface area is 94.0 Å². The molecule has 0 aliphatic carbocycles. The fourth-order valence-corrected chi connectivity index (χ4v) is 1.72. The van der Waals surface area contributed by atoms with Crippen molar-refractivity contribution in [3.05, 3.63) is 0 Å². The topological polar surface area (TPSA) is 33.3 Å². The van der Waals surface area contributed by atoms with Crippen LogP contribution in [-0.4, -0.2) is 38.9 Å². The highest BCUT2D eigenvalue weighted by Crippen LogP contribution is 2.10. The van der Waals surface area contributed by atoms with Crippen LogP contribution in [0.25, 0.3) is 0 Å². The van der Waals surface area contributed by atoms with Crippen molar-refractivity contribution < 1.29 is 4.74 Å². The quantitative estimate of drug-likeness (QED) is 0.679. The molecule has 1 saturated heterocycles. The third kappa shape index (κ3) is 6.88. The smallest absolute Gasteiger partial charge is 0.0600 e. The molecule has 2 N–H and O–H groups in total. The molecular formula is C12H26N2O. The van der Waals surface area contributed by atoms with Crippen molar-refractivity contribution in [3.8, 4) is 0 Å². The van der Waals surface area contributed by atoms with E-state index < -0.39 is 0 Å². The molecule has 0 radical (unpaired) electrons. The van der Waals surface area contributed by atoms with Crippen LogP contribution < -0.4 is 10.6 Å². The standard InChI is InChI=1S/C12H26N2O/c1-12(2,3)10-14-8-9-15-11-4-6-13-7-5-11/h11,13-14H,4-10H2,1-3H3. The molecule has 0 saturated carbocycles. The van der Waals surface area contributed by atoms with Crippen molar-refractivity contribution in [2.75, 3.05) is 32.8 Å². The molecular weight excluding hydrogens is 188 g/mol. The average Bonchev–Trinajstić information content (AvgIpc) is 2.17. The number of hydrogen-bond donors (Lipinski definition) is 2. The van der Waals surface area contributed by atoms with Gasteiger partial charge in [-0.3, -0.25) is 0 Å². The van der Waals surface area contributed by atoms with E-state index in [4.69, 9.17) is 4.74 Å². The lowest BCUT2D eigenvalue weighted by Crippen LogP contribution is -2.35. The molecule has 0 atom stereocenters. The van der Waals surface area contributed by atoms with Gasteiger partial charge in [0, 0.05) is 13.1 Å². The third-order valence-electron chi connectivity index (χ3n) is 2.57. The zero-order valence-corrected chi connectivity index (χ0v) is 10.4. The molecule has 0 spiro atoms. The van der Waals surface area contributed by atoms with Gasteiger partial charge in [0.15, 0.2) is 0 Å². The number of ether oxygens (including phenoxy) is 1. The van der Waals surface area contributed by atoms with Gasteiger partial charge in [-0.1, -0.05) is 20.8 Å². The van der Waals surface area contributed by atoms with E-state index in [1.54, 1.807) is 0 Å². The van der Waals surface area contributed by atoms with Gasteiger partial charge in [0.05, 0.1) is 12.7 Å². The summed E-state index contributed by atoms with van der Waals surface area (Å²) in [6.45, 7) is 11.8. The Morgan fingerprint density at radius 1 is 1.27 bits per heavy atom. The predicted molar refractivity (Wildman–Crippen MR) is 64.2 cm³/mol. The van der Waals surface area contributed by atoms with Gasteiger partial charge in [0.25, 0.3) is 0 Å². The van der Waals surface area contributed by atoms with E-state index in [0.29, 0.717) is 11.5 Å². The van der Waals surface area contributed by atoms with Gasteiger partial charge >= 0.3 is 0 Å². The summed E-state index contributed by atoms with van der Waals surface area (Å²) in [4.78, 5) is 0. The normalized spacial score (nSPS) is 19.4. The van der Waals surface area contributed by atoms with Gasteiger partial charge < -0.3 is 15.4 Å². The molecule has 3 nitrogen and oxygen atoms in total. The minimum Gasteiger partial charge on any atom is -0.377 e. The molecule has 1 heterocycles. The van der Waals surface area contributed by atoms with E-state index in [0.717, 1.165) is 32.8 Å². The second kappa shape index (κ2) is 6.46. The van der Waals surface area contributed by atoms with Crippen LogP contribution in [0.2, 0.25) is 0 Å². The highest BCUT2D eigenvalue weighted by atomic mass is 16.5. The minimum atomic E-state index is 0.370. The highest BCUT2D eigenvalue weighted by molar-refractivity contribution is 4.69. The molecule has 0 aromatic carbocycles. The van der Waals surface area contributed by atoms with Gasteiger partial charge in [-0.05, 0) is 31.3 Å². The van der Waals surface area contributed by atoms with Crippen LogP contribution in [0.5, 0.6) is 0 Å². The Kier molecular flexibility index (Phi) is 5.58. The van der Waals surface area contributed by atoms with Crippen molar-refractivity contribution >= 4 is 0 Å². The summed E-state index contributed by atoms with van der Waals surface area (Å²) >= 11 is 0. The summed E-state index contributed by atoms with van der Waals surface area (Å²) in [5.74, 6) is 0. The van der Waals surface area contributed by atoms with Gasteiger partial charge in [-0.2, -0.15) is 0 Å². The fraction of sp³-hybridized carbons (Fsp3) is 1.00. The number of piperidine rings is 1. The van der Waals surface area contributed by atoms with Crippen LogP contribution in [0.15, 0.2) is 0 Å². The first kappa shape index (κ1) is 12.9. The lowest BCUT2D eigenvalue weighted by Gasteiger charge is -2.23. The lowest BCUT2D eigenvalue weighted by molar-refractivity contribution is 0.0342. The van der Waals surface area contributed by atoms with Crippen LogP contribution in [0.1, 0.15) is 33.6 Å². The summed E-state index contributed by atoms with van der Waals surface area (Å²) in [5.41, 5.74) is 0.370. The molecule has 0 aromatic heterocycles. The first-order chi connectivity index (χ1) is 7.08. The lowest BCUT2D eigenvalue weighted by atomic mass is 9.97. The maximum Gasteiger partial charge on any atom is 0.0600 e. The Balaban J connectivity index is 1.92. The molecule has 1 fully saturated rings. The van der Waals surface area contributed by atoms with Crippen LogP contribution in [-0.2, 0) is 4.74 Å². The highest BCUT2D eigenvalue weighted by Gasteiger charge is 2.13. The van der Waals surface area contributed by atoms with Crippen molar-refractivity contribution in [2.24, 2.45) is 5.41 Å². The zero-order valence-electron chi connectivity index (χ0n) is 10.4. The van der Waals surface area contributed by atoms with Crippen molar-refractivity contribution in [3.63, 3.8) is 0 Å². The molecule has 15 heavy (non-hydrogen) atoms. The molecule has 0 amide bonds. The molecule has 1 aliphatic rings.